The fraction of sp³-hybridized carbons (Fsp3) is 0.588. The van der Waals surface area contributed by atoms with E-state index in [1.807, 2.05) is 0 Å². The Balaban J connectivity index is 2.08. The van der Waals surface area contributed by atoms with E-state index < -0.39 is 23.3 Å². The molecule has 1 aromatic rings. The molecule has 134 valence electrons. The molecule has 1 atom stereocenters. The fourth-order valence-electron chi connectivity index (χ4n) is 3.06. The third kappa shape index (κ3) is 4.20. The van der Waals surface area contributed by atoms with Gasteiger partial charge in [0.15, 0.2) is 0 Å². The third-order valence-electron chi connectivity index (χ3n) is 4.58. The van der Waals surface area contributed by atoms with Gasteiger partial charge in [0.2, 0.25) is 0 Å². The Labute approximate surface area is 139 Å². The van der Waals surface area contributed by atoms with Crippen molar-refractivity contribution in [3.05, 3.63) is 35.4 Å². The maximum Gasteiger partial charge on any atom is 0.416 e. The topological polar surface area (TPSA) is 52.6 Å². The number of halogens is 3. The van der Waals surface area contributed by atoms with Crippen LogP contribution in [0.3, 0.4) is 0 Å². The van der Waals surface area contributed by atoms with E-state index in [1.165, 1.54) is 17.0 Å². The van der Waals surface area contributed by atoms with E-state index in [2.05, 4.69) is 5.32 Å². The first kappa shape index (κ1) is 18.6. The van der Waals surface area contributed by atoms with Gasteiger partial charge in [0.05, 0.1) is 11.7 Å². The number of carbonyl (C=O) groups is 1. The summed E-state index contributed by atoms with van der Waals surface area (Å²) in [5, 5.41) is 12.1. The van der Waals surface area contributed by atoms with E-state index in [4.69, 9.17) is 0 Å². The van der Waals surface area contributed by atoms with E-state index in [-0.39, 0.29) is 19.1 Å². The molecule has 1 unspecified atom stereocenters. The molecule has 0 saturated heterocycles. The molecule has 7 heteroatoms. The number of benzene rings is 1. The predicted molar refractivity (Wildman–Crippen MR) is 84.7 cm³/mol. The van der Waals surface area contributed by atoms with Gasteiger partial charge in [-0.2, -0.15) is 13.2 Å². The second-order valence-corrected chi connectivity index (χ2v) is 6.60. The smallest absolute Gasteiger partial charge is 0.392 e. The number of hydrogen-bond donors (Lipinski definition) is 2. The number of nitrogens with one attached hydrogen (secondary N) is 1. The summed E-state index contributed by atoms with van der Waals surface area (Å²) in [6, 6.07) is 5.02. The molecular weight excluding hydrogens is 321 g/mol. The van der Waals surface area contributed by atoms with Gasteiger partial charge in [0.25, 0.3) is 0 Å². The zero-order valence-electron chi connectivity index (χ0n) is 13.9. The molecule has 0 heterocycles. The molecule has 2 N–H and O–H groups in total. The molecule has 0 radical (unpaired) electrons. The number of carbonyl (C=O) groups excluding carboxylic acids is 1. The average molecular weight is 344 g/mol. The number of alkyl halides is 3. The van der Waals surface area contributed by atoms with Crippen LogP contribution in [0.1, 0.15) is 37.3 Å². The minimum Gasteiger partial charge on any atom is -0.392 e. The lowest BCUT2D eigenvalue weighted by molar-refractivity contribution is -0.137. The zero-order chi connectivity index (χ0) is 18.0. The number of aliphatic hydroxyl groups is 1. The van der Waals surface area contributed by atoms with Gasteiger partial charge in [-0.05, 0) is 31.4 Å². The Bertz CT molecular complexity index is 583. The van der Waals surface area contributed by atoms with Crippen LogP contribution in [-0.2, 0) is 11.6 Å². The Morgan fingerprint density at radius 2 is 2.08 bits per heavy atom. The van der Waals surface area contributed by atoms with Gasteiger partial charge in [0.1, 0.15) is 0 Å². The number of amides is 2. The Morgan fingerprint density at radius 1 is 1.42 bits per heavy atom. The molecule has 24 heavy (non-hydrogen) atoms. The average Bonchev–Trinajstić information content (AvgIpc) is 2.44. The largest absolute Gasteiger partial charge is 0.416 e. The van der Waals surface area contributed by atoms with E-state index in [0.29, 0.717) is 5.56 Å². The van der Waals surface area contributed by atoms with Gasteiger partial charge >= 0.3 is 12.2 Å². The number of rotatable bonds is 5. The predicted octanol–water partition coefficient (Wildman–Crippen LogP) is 3.15. The molecule has 1 aromatic carbocycles. The minimum absolute atomic E-state index is 0.197. The van der Waals surface area contributed by atoms with E-state index in [0.717, 1.165) is 25.3 Å². The summed E-state index contributed by atoms with van der Waals surface area (Å²) in [5.74, 6) is 0. The van der Waals surface area contributed by atoms with Crippen molar-refractivity contribution in [1.29, 1.82) is 0 Å². The maximum absolute atomic E-state index is 12.9. The van der Waals surface area contributed by atoms with E-state index in [1.54, 1.807) is 20.0 Å². The minimum atomic E-state index is -4.37. The van der Waals surface area contributed by atoms with Crippen molar-refractivity contribution in [1.82, 2.24) is 10.2 Å². The lowest BCUT2D eigenvalue weighted by Gasteiger charge is -2.43. The Morgan fingerprint density at radius 3 is 2.58 bits per heavy atom. The summed E-state index contributed by atoms with van der Waals surface area (Å²) in [4.78, 5) is 13.4. The van der Waals surface area contributed by atoms with Crippen LogP contribution in [0.25, 0.3) is 0 Å². The number of nitrogens with zero attached hydrogens (tertiary/aromatic N) is 1. The van der Waals surface area contributed by atoms with Gasteiger partial charge in [-0.15, -0.1) is 0 Å². The molecule has 0 aliphatic heterocycles. The standard InChI is InChI=1S/C17H23F3N2O2/c1-12(23)10-22(2)15(24)21-11-16(7-4-8-16)13-5-3-6-14(9-13)17(18,19)20/h3,5-6,9,12,23H,4,7-8,10-11H2,1-2H3,(H,21,24). The van der Waals surface area contributed by atoms with Gasteiger partial charge < -0.3 is 15.3 Å². The van der Waals surface area contributed by atoms with E-state index in [9.17, 15) is 23.1 Å². The first-order valence-corrected chi connectivity index (χ1v) is 7.99. The van der Waals surface area contributed by atoms with Crippen molar-refractivity contribution in [2.24, 2.45) is 0 Å². The quantitative estimate of drug-likeness (QED) is 0.862. The third-order valence-corrected chi connectivity index (χ3v) is 4.58. The SMILES string of the molecule is CC(O)CN(C)C(=O)NCC1(c2cccc(C(F)(F)F)c2)CCC1. The van der Waals surface area contributed by atoms with Crippen molar-refractivity contribution < 1.29 is 23.1 Å². The van der Waals surface area contributed by atoms with Crippen molar-refractivity contribution >= 4 is 6.03 Å². The van der Waals surface area contributed by atoms with Crippen LogP contribution in [0, 0.1) is 0 Å². The summed E-state index contributed by atoms with van der Waals surface area (Å²) in [5.41, 5.74) is -0.492. The number of likely N-dealkylation sites (N-methyl/N-ethyl adjacent to an activating group) is 1. The van der Waals surface area contributed by atoms with Crippen LogP contribution in [0.4, 0.5) is 18.0 Å². The monoisotopic (exact) mass is 344 g/mol. The molecule has 4 nitrogen and oxygen atoms in total. The molecule has 1 aliphatic rings. The Kier molecular flexibility index (Phi) is 5.42. The van der Waals surface area contributed by atoms with Crippen LogP contribution in [0.15, 0.2) is 24.3 Å². The molecule has 1 saturated carbocycles. The fourth-order valence-corrected chi connectivity index (χ4v) is 3.06. The van der Waals surface area contributed by atoms with Crippen LogP contribution >= 0.6 is 0 Å². The van der Waals surface area contributed by atoms with Crippen molar-refractivity contribution in [2.75, 3.05) is 20.1 Å². The molecule has 0 bridgehead atoms. The second kappa shape index (κ2) is 7.01. The van der Waals surface area contributed by atoms with Gasteiger partial charge in [0, 0.05) is 25.6 Å². The number of hydrogen-bond acceptors (Lipinski definition) is 2. The zero-order valence-corrected chi connectivity index (χ0v) is 13.9. The first-order chi connectivity index (χ1) is 11.1. The summed E-state index contributed by atoms with van der Waals surface area (Å²) in [6.45, 7) is 2.07. The van der Waals surface area contributed by atoms with Crippen molar-refractivity contribution in [3.63, 3.8) is 0 Å². The van der Waals surface area contributed by atoms with Crippen LogP contribution in [-0.4, -0.2) is 42.3 Å². The number of aliphatic hydroxyl groups excluding tert-OH is 1. The molecule has 1 fully saturated rings. The Hall–Kier alpha value is -1.76. The lowest BCUT2D eigenvalue weighted by atomic mass is 9.64. The highest BCUT2D eigenvalue weighted by molar-refractivity contribution is 5.74. The first-order valence-electron chi connectivity index (χ1n) is 7.99. The van der Waals surface area contributed by atoms with Crippen LogP contribution in [0.2, 0.25) is 0 Å². The molecule has 0 spiro atoms. The summed E-state index contributed by atoms with van der Waals surface area (Å²) >= 11 is 0. The number of urea groups is 1. The second-order valence-electron chi connectivity index (χ2n) is 6.60. The molecular formula is C17H23F3N2O2. The lowest BCUT2D eigenvalue weighted by Crippen LogP contribution is -2.49. The highest BCUT2D eigenvalue weighted by Crippen LogP contribution is 2.44. The van der Waals surface area contributed by atoms with Crippen molar-refractivity contribution in [3.8, 4) is 0 Å². The van der Waals surface area contributed by atoms with Gasteiger partial charge in [-0.1, -0.05) is 24.6 Å². The normalized spacial score (nSPS) is 17.8. The summed E-state index contributed by atoms with van der Waals surface area (Å²) < 4.78 is 38.8. The summed E-state index contributed by atoms with van der Waals surface area (Å²) in [7, 11) is 1.57. The highest BCUT2D eigenvalue weighted by atomic mass is 19.4. The van der Waals surface area contributed by atoms with Gasteiger partial charge in [-0.3, -0.25) is 0 Å². The van der Waals surface area contributed by atoms with Crippen LogP contribution in [0.5, 0.6) is 0 Å². The molecule has 2 rings (SSSR count). The molecule has 1 aliphatic carbocycles. The molecule has 0 aromatic heterocycles. The van der Waals surface area contributed by atoms with Crippen LogP contribution < -0.4 is 5.32 Å². The highest BCUT2D eigenvalue weighted by Gasteiger charge is 2.40. The van der Waals surface area contributed by atoms with Crippen molar-refractivity contribution in [2.45, 2.75) is 43.9 Å². The van der Waals surface area contributed by atoms with E-state index >= 15 is 0 Å². The summed E-state index contributed by atoms with van der Waals surface area (Å²) in [6.07, 6.45) is -2.59. The maximum atomic E-state index is 12.9. The molecule has 2 amide bonds. The van der Waals surface area contributed by atoms with Gasteiger partial charge in [-0.25, -0.2) is 4.79 Å².